The Morgan fingerprint density at radius 1 is 1.43 bits per heavy atom. The van der Waals surface area contributed by atoms with Gasteiger partial charge in [0.05, 0.1) is 11.1 Å². The number of carbonyl (C=O) groups is 1. The van der Waals surface area contributed by atoms with Gasteiger partial charge < -0.3 is 9.47 Å². The van der Waals surface area contributed by atoms with E-state index in [1.54, 1.807) is 17.7 Å². The molecular weight excluding hydrogens is 313 g/mol. The van der Waals surface area contributed by atoms with Gasteiger partial charge in [0.1, 0.15) is 23.0 Å². The zero-order chi connectivity index (χ0) is 15.0. The third-order valence-electron chi connectivity index (χ3n) is 3.85. The number of H-pyrrole nitrogens is 1. The normalized spacial score (nSPS) is 19.0. The number of nitrogens with zero attached hydrogens (tertiary/aromatic N) is 4. The lowest BCUT2D eigenvalue weighted by Crippen LogP contribution is -2.39. The van der Waals surface area contributed by atoms with Crippen LogP contribution in [0.2, 0.25) is 10.2 Å². The summed E-state index contributed by atoms with van der Waals surface area (Å²) in [6.07, 6.45) is 4.36. The second-order valence-electron chi connectivity index (χ2n) is 5.11. The summed E-state index contributed by atoms with van der Waals surface area (Å²) >= 11 is 12.1. The first-order chi connectivity index (χ1) is 10.1. The van der Waals surface area contributed by atoms with E-state index in [4.69, 9.17) is 23.2 Å². The smallest absolute Gasteiger partial charge is 0.271 e. The molecule has 0 spiro atoms. The third kappa shape index (κ3) is 2.53. The van der Waals surface area contributed by atoms with Crippen LogP contribution in [0.5, 0.6) is 0 Å². The molecule has 0 radical (unpaired) electrons. The van der Waals surface area contributed by atoms with Crippen LogP contribution >= 0.6 is 23.2 Å². The molecule has 1 saturated heterocycles. The highest BCUT2D eigenvalue weighted by molar-refractivity contribution is 6.41. The van der Waals surface area contributed by atoms with Gasteiger partial charge in [-0.15, -0.1) is 0 Å². The maximum atomic E-state index is 12.8. The molecule has 1 fully saturated rings. The maximum Gasteiger partial charge on any atom is 0.271 e. The molecule has 1 atom stereocenters. The van der Waals surface area contributed by atoms with Crippen molar-refractivity contribution in [3.05, 3.63) is 34.1 Å². The minimum atomic E-state index is -0.0904. The van der Waals surface area contributed by atoms with Crippen LogP contribution in [-0.4, -0.2) is 37.1 Å². The molecule has 6 nitrogen and oxygen atoms in total. The number of hydrogen-bond acceptors (Lipinski definition) is 3. The summed E-state index contributed by atoms with van der Waals surface area (Å²) < 4.78 is 1.61. The number of hydrogen-bond donors (Lipinski definition) is 1. The van der Waals surface area contributed by atoms with E-state index in [1.165, 1.54) is 6.33 Å². The van der Waals surface area contributed by atoms with Crippen molar-refractivity contribution in [3.63, 3.8) is 0 Å². The Hall–Kier alpha value is -1.53. The molecule has 0 aliphatic carbocycles. The van der Waals surface area contributed by atoms with Crippen molar-refractivity contribution < 1.29 is 4.79 Å². The summed E-state index contributed by atoms with van der Waals surface area (Å²) in [7, 11) is 1.73. The quantitative estimate of drug-likeness (QED) is 0.922. The molecule has 112 valence electrons. The van der Waals surface area contributed by atoms with Gasteiger partial charge in [-0.2, -0.15) is 5.10 Å². The monoisotopic (exact) mass is 327 g/mol. The van der Waals surface area contributed by atoms with E-state index in [-0.39, 0.29) is 11.9 Å². The van der Waals surface area contributed by atoms with E-state index >= 15 is 0 Å². The number of amides is 1. The van der Waals surface area contributed by atoms with Crippen LogP contribution in [0.1, 0.15) is 41.6 Å². The van der Waals surface area contributed by atoms with Crippen LogP contribution in [0.15, 0.2) is 12.4 Å². The van der Waals surface area contributed by atoms with Crippen molar-refractivity contribution >= 4 is 29.1 Å². The SMILES string of the molecule is Cn1c(C(=O)N2CCCC[C@@H]2c2ncn[nH]2)cc(Cl)c1Cl. The Labute approximate surface area is 132 Å². The number of nitrogens with one attached hydrogen (secondary N) is 1. The highest BCUT2D eigenvalue weighted by atomic mass is 35.5. The molecule has 3 rings (SSSR count). The van der Waals surface area contributed by atoms with Gasteiger partial charge in [0.25, 0.3) is 5.91 Å². The molecule has 21 heavy (non-hydrogen) atoms. The van der Waals surface area contributed by atoms with Crippen LogP contribution in [0.25, 0.3) is 0 Å². The molecule has 1 aliphatic rings. The highest BCUT2D eigenvalue weighted by Gasteiger charge is 2.32. The lowest BCUT2D eigenvalue weighted by Gasteiger charge is -2.34. The van der Waals surface area contributed by atoms with Gasteiger partial charge in [-0.1, -0.05) is 23.2 Å². The molecule has 0 unspecified atom stereocenters. The second-order valence-corrected chi connectivity index (χ2v) is 5.87. The van der Waals surface area contributed by atoms with E-state index in [0.29, 0.717) is 22.4 Å². The number of aromatic nitrogens is 4. The average Bonchev–Trinajstić information content (AvgIpc) is 3.11. The molecule has 0 saturated carbocycles. The van der Waals surface area contributed by atoms with Crippen LogP contribution in [0.3, 0.4) is 0 Å². The number of aromatic amines is 1. The second kappa shape index (κ2) is 5.69. The average molecular weight is 328 g/mol. The minimum absolute atomic E-state index is 0.0822. The number of carbonyl (C=O) groups excluding carboxylic acids is 1. The lowest BCUT2D eigenvalue weighted by atomic mass is 10.0. The number of halogens is 2. The van der Waals surface area contributed by atoms with Crippen molar-refractivity contribution in [1.29, 1.82) is 0 Å². The predicted molar refractivity (Wildman–Crippen MR) is 79.4 cm³/mol. The van der Waals surface area contributed by atoms with E-state index in [1.807, 2.05) is 4.90 Å². The van der Waals surface area contributed by atoms with Gasteiger partial charge in [-0.25, -0.2) is 4.98 Å². The summed E-state index contributed by atoms with van der Waals surface area (Å²) in [5.41, 5.74) is 0.483. The van der Waals surface area contributed by atoms with E-state index in [9.17, 15) is 4.79 Å². The first-order valence-electron chi connectivity index (χ1n) is 6.76. The Morgan fingerprint density at radius 2 is 2.24 bits per heavy atom. The summed E-state index contributed by atoms with van der Waals surface area (Å²) in [5.74, 6) is 0.627. The van der Waals surface area contributed by atoms with Crippen molar-refractivity contribution in [3.8, 4) is 0 Å². The van der Waals surface area contributed by atoms with Crippen LogP contribution in [0.4, 0.5) is 0 Å². The van der Waals surface area contributed by atoms with Crippen LogP contribution in [0, 0.1) is 0 Å². The fraction of sp³-hybridized carbons (Fsp3) is 0.462. The lowest BCUT2D eigenvalue weighted by molar-refractivity contribution is 0.0590. The Kier molecular flexibility index (Phi) is 3.91. The summed E-state index contributed by atoms with van der Waals surface area (Å²) in [6.45, 7) is 0.685. The molecule has 2 aromatic heterocycles. The topological polar surface area (TPSA) is 66.8 Å². The molecular formula is C13H15Cl2N5O. The van der Waals surface area contributed by atoms with Crippen molar-refractivity contribution in [2.75, 3.05) is 6.54 Å². The van der Waals surface area contributed by atoms with Crippen molar-refractivity contribution in [2.24, 2.45) is 7.05 Å². The summed E-state index contributed by atoms with van der Waals surface area (Å²) in [4.78, 5) is 18.8. The molecule has 1 aliphatic heterocycles. The molecule has 3 heterocycles. The number of likely N-dealkylation sites (tertiary alicyclic amines) is 1. The van der Waals surface area contributed by atoms with Crippen molar-refractivity contribution in [2.45, 2.75) is 25.3 Å². The fourth-order valence-electron chi connectivity index (χ4n) is 2.73. The van der Waals surface area contributed by atoms with Crippen LogP contribution < -0.4 is 0 Å². The molecule has 1 amide bonds. The molecule has 0 aromatic carbocycles. The molecule has 8 heteroatoms. The number of piperidine rings is 1. The van der Waals surface area contributed by atoms with Gasteiger partial charge in [0.2, 0.25) is 0 Å². The maximum absolute atomic E-state index is 12.8. The first-order valence-corrected chi connectivity index (χ1v) is 7.52. The highest BCUT2D eigenvalue weighted by Crippen LogP contribution is 2.32. The minimum Gasteiger partial charge on any atom is -0.329 e. The largest absolute Gasteiger partial charge is 0.329 e. The zero-order valence-corrected chi connectivity index (χ0v) is 13.0. The standard InChI is InChI=1S/C13H15Cl2N5O/c1-19-10(6-8(14)11(19)15)13(21)20-5-3-2-4-9(20)12-16-7-17-18-12/h6-7,9H,2-5H2,1H3,(H,16,17,18)/t9-/m1/s1. The summed E-state index contributed by atoms with van der Waals surface area (Å²) in [5, 5.41) is 7.49. The molecule has 0 bridgehead atoms. The van der Waals surface area contributed by atoms with Gasteiger partial charge in [0, 0.05) is 13.6 Å². The Morgan fingerprint density at radius 3 is 2.86 bits per heavy atom. The van der Waals surface area contributed by atoms with Gasteiger partial charge >= 0.3 is 0 Å². The predicted octanol–water partition coefficient (Wildman–Crippen LogP) is 2.82. The van der Waals surface area contributed by atoms with Crippen LogP contribution in [-0.2, 0) is 7.05 Å². The summed E-state index contributed by atoms with van der Waals surface area (Å²) in [6, 6.07) is 1.53. The Balaban J connectivity index is 1.93. The molecule has 2 aromatic rings. The zero-order valence-electron chi connectivity index (χ0n) is 11.5. The van der Waals surface area contributed by atoms with Gasteiger partial charge in [-0.3, -0.25) is 9.89 Å². The van der Waals surface area contributed by atoms with Gasteiger partial charge in [0.15, 0.2) is 0 Å². The molecule has 1 N–H and O–H groups in total. The first kappa shape index (κ1) is 14.4. The Bertz CT molecular complexity index is 652. The van der Waals surface area contributed by atoms with E-state index in [2.05, 4.69) is 15.2 Å². The van der Waals surface area contributed by atoms with E-state index < -0.39 is 0 Å². The van der Waals surface area contributed by atoms with Crippen molar-refractivity contribution in [1.82, 2.24) is 24.6 Å². The van der Waals surface area contributed by atoms with E-state index in [0.717, 1.165) is 25.1 Å². The fourth-order valence-corrected chi connectivity index (χ4v) is 3.10. The van der Waals surface area contributed by atoms with Gasteiger partial charge in [-0.05, 0) is 25.3 Å². The third-order valence-corrected chi connectivity index (χ3v) is 4.69. The number of rotatable bonds is 2.